The Morgan fingerprint density at radius 2 is 1.93 bits per heavy atom. The lowest BCUT2D eigenvalue weighted by molar-refractivity contribution is -0.138. The molecular formula is C23H22N2O4S. The van der Waals surface area contributed by atoms with Gasteiger partial charge in [0.15, 0.2) is 0 Å². The molecule has 1 amide bonds. The van der Waals surface area contributed by atoms with E-state index in [1.54, 1.807) is 30.8 Å². The van der Waals surface area contributed by atoms with Crippen molar-refractivity contribution < 1.29 is 19.4 Å². The molecule has 1 aromatic heterocycles. The molecule has 0 bridgehead atoms. The molecule has 2 aromatic carbocycles. The van der Waals surface area contributed by atoms with Gasteiger partial charge in [-0.25, -0.2) is 4.79 Å². The summed E-state index contributed by atoms with van der Waals surface area (Å²) in [5.74, 6) is -0.531. The second kappa shape index (κ2) is 10.5. The van der Waals surface area contributed by atoms with Crippen molar-refractivity contribution in [1.82, 2.24) is 10.3 Å². The molecule has 154 valence electrons. The number of carboxylic acid groups (broad SMARTS) is 1. The molecular weight excluding hydrogens is 400 g/mol. The molecule has 6 nitrogen and oxygen atoms in total. The number of nitrogens with one attached hydrogen (secondary N) is 1. The smallest absolute Gasteiger partial charge is 0.327 e. The quantitative estimate of drug-likeness (QED) is 0.544. The third-order valence-corrected chi connectivity index (χ3v) is 5.06. The Kier molecular flexibility index (Phi) is 7.45. The SMILES string of the molecule is CSCC(NC(=O)c1ccc(COc2cccnc2)cc1-c1ccccc1)C(=O)O. The number of amides is 1. The number of carbonyl (C=O) groups is 2. The fourth-order valence-corrected chi connectivity index (χ4v) is 3.47. The van der Waals surface area contributed by atoms with Gasteiger partial charge >= 0.3 is 5.97 Å². The second-order valence-electron chi connectivity index (χ2n) is 6.54. The van der Waals surface area contributed by atoms with E-state index in [1.165, 1.54) is 11.8 Å². The summed E-state index contributed by atoms with van der Waals surface area (Å²) < 4.78 is 5.77. The average Bonchev–Trinajstić information content (AvgIpc) is 2.78. The molecule has 0 fully saturated rings. The van der Waals surface area contributed by atoms with Crippen molar-refractivity contribution in [3.63, 3.8) is 0 Å². The molecule has 0 radical (unpaired) electrons. The van der Waals surface area contributed by atoms with Crippen LogP contribution >= 0.6 is 11.8 Å². The Morgan fingerprint density at radius 1 is 1.13 bits per heavy atom. The molecule has 0 aliphatic heterocycles. The van der Waals surface area contributed by atoms with Crippen molar-refractivity contribution in [3.05, 3.63) is 84.2 Å². The van der Waals surface area contributed by atoms with Gasteiger partial charge in [0.25, 0.3) is 5.91 Å². The molecule has 1 unspecified atom stereocenters. The normalized spacial score (nSPS) is 11.5. The van der Waals surface area contributed by atoms with Gasteiger partial charge in [-0.05, 0) is 47.2 Å². The first-order valence-corrected chi connectivity index (χ1v) is 10.7. The Balaban J connectivity index is 1.88. The molecule has 0 saturated carbocycles. The number of benzene rings is 2. The van der Waals surface area contributed by atoms with E-state index in [9.17, 15) is 14.7 Å². The van der Waals surface area contributed by atoms with E-state index in [0.29, 0.717) is 29.2 Å². The zero-order valence-corrected chi connectivity index (χ0v) is 17.3. The number of hydrogen-bond donors (Lipinski definition) is 2. The highest BCUT2D eigenvalue weighted by molar-refractivity contribution is 7.98. The van der Waals surface area contributed by atoms with E-state index in [0.717, 1.165) is 11.1 Å². The van der Waals surface area contributed by atoms with Gasteiger partial charge < -0.3 is 15.2 Å². The van der Waals surface area contributed by atoms with Crippen LogP contribution in [-0.4, -0.2) is 40.0 Å². The number of thioether (sulfide) groups is 1. The molecule has 1 heterocycles. The first-order valence-electron chi connectivity index (χ1n) is 9.32. The molecule has 0 spiro atoms. The summed E-state index contributed by atoms with van der Waals surface area (Å²) in [6.45, 7) is 0.317. The van der Waals surface area contributed by atoms with Crippen molar-refractivity contribution in [2.24, 2.45) is 0 Å². The number of rotatable bonds is 9. The number of hydrogen-bond acceptors (Lipinski definition) is 5. The van der Waals surface area contributed by atoms with Gasteiger partial charge in [-0.1, -0.05) is 36.4 Å². The summed E-state index contributed by atoms with van der Waals surface area (Å²) in [6.07, 6.45) is 5.11. The minimum absolute atomic E-state index is 0.290. The van der Waals surface area contributed by atoms with Gasteiger partial charge in [-0.15, -0.1) is 0 Å². The Bertz CT molecular complexity index is 997. The van der Waals surface area contributed by atoms with Gasteiger partial charge in [0, 0.05) is 17.5 Å². The van der Waals surface area contributed by atoms with Crippen molar-refractivity contribution in [2.75, 3.05) is 12.0 Å². The van der Waals surface area contributed by atoms with Crippen LogP contribution in [0.1, 0.15) is 15.9 Å². The second-order valence-corrected chi connectivity index (χ2v) is 7.45. The predicted molar refractivity (Wildman–Crippen MR) is 118 cm³/mol. The van der Waals surface area contributed by atoms with Crippen molar-refractivity contribution in [1.29, 1.82) is 0 Å². The van der Waals surface area contributed by atoms with Gasteiger partial charge in [-0.3, -0.25) is 9.78 Å². The van der Waals surface area contributed by atoms with Gasteiger partial charge in [0.05, 0.1) is 6.20 Å². The molecule has 0 saturated heterocycles. The standard InChI is InChI=1S/C23H22N2O4S/c1-30-15-21(23(27)28)25-22(26)19-10-9-16(14-29-18-8-5-11-24-13-18)12-20(19)17-6-3-2-4-7-17/h2-13,21H,14-15H2,1H3,(H,25,26)(H,27,28). The molecule has 0 aliphatic rings. The van der Waals surface area contributed by atoms with Crippen molar-refractivity contribution in [2.45, 2.75) is 12.6 Å². The number of pyridine rings is 1. The summed E-state index contributed by atoms with van der Waals surface area (Å²) in [4.78, 5) is 28.4. The monoisotopic (exact) mass is 422 g/mol. The van der Waals surface area contributed by atoms with Gasteiger partial charge in [0.2, 0.25) is 0 Å². The minimum atomic E-state index is -1.06. The highest BCUT2D eigenvalue weighted by Gasteiger charge is 2.22. The van der Waals surface area contributed by atoms with Gasteiger partial charge in [-0.2, -0.15) is 11.8 Å². The third kappa shape index (κ3) is 5.61. The van der Waals surface area contributed by atoms with E-state index >= 15 is 0 Å². The van der Waals surface area contributed by atoms with E-state index in [2.05, 4.69) is 10.3 Å². The summed E-state index contributed by atoms with van der Waals surface area (Å²) in [7, 11) is 0. The predicted octanol–water partition coefficient (Wildman–Crippen LogP) is 3.87. The Labute approximate surface area is 179 Å². The molecule has 1 atom stereocenters. The number of carbonyl (C=O) groups excluding carboxylic acids is 1. The largest absolute Gasteiger partial charge is 0.487 e. The van der Waals surface area contributed by atoms with Crippen LogP contribution in [-0.2, 0) is 11.4 Å². The molecule has 2 N–H and O–H groups in total. The lowest BCUT2D eigenvalue weighted by atomic mass is 9.96. The lowest BCUT2D eigenvalue weighted by Gasteiger charge is -2.16. The number of aliphatic carboxylic acids is 1. The minimum Gasteiger partial charge on any atom is -0.487 e. The van der Waals surface area contributed by atoms with Crippen LogP contribution in [0.25, 0.3) is 11.1 Å². The number of nitrogens with zero attached hydrogens (tertiary/aromatic N) is 1. The van der Waals surface area contributed by atoms with Crippen LogP contribution in [0.15, 0.2) is 73.1 Å². The summed E-state index contributed by atoms with van der Waals surface area (Å²) in [5, 5.41) is 12.0. The molecule has 30 heavy (non-hydrogen) atoms. The molecule has 7 heteroatoms. The highest BCUT2D eigenvalue weighted by Crippen LogP contribution is 2.26. The molecule has 3 rings (SSSR count). The van der Waals surface area contributed by atoms with Crippen LogP contribution in [0, 0.1) is 0 Å². The molecule has 3 aromatic rings. The van der Waals surface area contributed by atoms with Crippen LogP contribution in [0.4, 0.5) is 0 Å². The first kappa shape index (κ1) is 21.4. The summed E-state index contributed by atoms with van der Waals surface area (Å²) in [5.41, 5.74) is 2.88. The number of ether oxygens (including phenoxy) is 1. The number of aromatic nitrogens is 1. The van der Waals surface area contributed by atoms with E-state index in [4.69, 9.17) is 4.74 Å². The van der Waals surface area contributed by atoms with E-state index < -0.39 is 17.9 Å². The molecule has 0 aliphatic carbocycles. The summed E-state index contributed by atoms with van der Waals surface area (Å²) >= 11 is 1.37. The van der Waals surface area contributed by atoms with Crippen molar-refractivity contribution >= 4 is 23.6 Å². The third-order valence-electron chi connectivity index (χ3n) is 4.39. The maximum Gasteiger partial charge on any atom is 0.327 e. The van der Waals surface area contributed by atoms with Crippen molar-refractivity contribution in [3.8, 4) is 16.9 Å². The maximum absolute atomic E-state index is 12.9. The van der Waals surface area contributed by atoms with Crippen LogP contribution in [0.3, 0.4) is 0 Å². The van der Waals surface area contributed by atoms with Crippen LogP contribution in [0.2, 0.25) is 0 Å². The fourth-order valence-electron chi connectivity index (χ4n) is 2.91. The van der Waals surface area contributed by atoms with Crippen LogP contribution < -0.4 is 10.1 Å². The lowest BCUT2D eigenvalue weighted by Crippen LogP contribution is -2.42. The van der Waals surface area contributed by atoms with Gasteiger partial charge in [0.1, 0.15) is 18.4 Å². The topological polar surface area (TPSA) is 88.5 Å². The zero-order valence-electron chi connectivity index (χ0n) is 16.4. The average molecular weight is 423 g/mol. The first-order chi connectivity index (χ1) is 14.6. The highest BCUT2D eigenvalue weighted by atomic mass is 32.2. The summed E-state index contributed by atoms with van der Waals surface area (Å²) in [6, 6.07) is 17.6. The van der Waals surface area contributed by atoms with Crippen LogP contribution in [0.5, 0.6) is 5.75 Å². The van der Waals surface area contributed by atoms with E-state index in [1.807, 2.05) is 48.5 Å². The number of carboxylic acids is 1. The zero-order chi connectivity index (χ0) is 21.3. The van der Waals surface area contributed by atoms with E-state index in [-0.39, 0.29) is 0 Å². The Morgan fingerprint density at radius 3 is 2.60 bits per heavy atom. The fraction of sp³-hybridized carbons (Fsp3) is 0.174. The Hall–Kier alpha value is -3.32. The maximum atomic E-state index is 12.9.